The van der Waals surface area contributed by atoms with E-state index in [0.717, 1.165) is 16.7 Å². The van der Waals surface area contributed by atoms with Crippen LogP contribution in [-0.2, 0) is 10.5 Å². The summed E-state index contributed by atoms with van der Waals surface area (Å²) in [4.78, 5) is 12.1. The summed E-state index contributed by atoms with van der Waals surface area (Å²) in [7, 11) is 0. The Labute approximate surface area is 144 Å². The summed E-state index contributed by atoms with van der Waals surface area (Å²) in [5.41, 5.74) is 8.45. The van der Waals surface area contributed by atoms with Crippen molar-refractivity contribution in [1.29, 1.82) is 0 Å². The number of hydrazone groups is 1. The summed E-state index contributed by atoms with van der Waals surface area (Å²) in [6.07, 6.45) is 2.30. The first-order valence-electron chi connectivity index (χ1n) is 7.85. The van der Waals surface area contributed by atoms with Crippen molar-refractivity contribution in [2.45, 2.75) is 31.2 Å². The fraction of sp³-hybridized carbons (Fsp3) is 0.294. The van der Waals surface area contributed by atoms with Crippen LogP contribution < -0.4 is 10.9 Å². The van der Waals surface area contributed by atoms with Crippen molar-refractivity contribution >= 4 is 22.8 Å². The van der Waals surface area contributed by atoms with E-state index in [-0.39, 0.29) is 18.0 Å². The number of nitrogens with one attached hydrogen (secondary N) is 2. The monoisotopic (exact) mass is 342 g/mol. The Hall–Kier alpha value is -2.25. The lowest BCUT2D eigenvalue weighted by Crippen LogP contribution is -2.52. The number of thioether (sulfide) groups is 1. The standard InChI is InChI=1S/C17H18N4O2S/c1-11-4-6-12(7-5-11)10-24-17-19-18-16(22)14-9-13(20-21(14)17)15-3-2-8-23-15/h2-8,13-14,20H,9-10H2,1H3,(H,18,22). The summed E-state index contributed by atoms with van der Waals surface area (Å²) in [6.45, 7) is 2.07. The average Bonchev–Trinajstić information content (AvgIpc) is 3.25. The molecule has 1 aromatic carbocycles. The number of benzene rings is 1. The third-order valence-corrected chi connectivity index (χ3v) is 5.24. The zero-order chi connectivity index (χ0) is 16.5. The Morgan fingerprint density at radius 3 is 2.92 bits per heavy atom. The molecule has 1 amide bonds. The van der Waals surface area contributed by atoms with Crippen LogP contribution in [0.5, 0.6) is 0 Å². The molecule has 0 radical (unpaired) electrons. The molecule has 0 spiro atoms. The lowest BCUT2D eigenvalue weighted by molar-refractivity contribution is -0.125. The van der Waals surface area contributed by atoms with Crippen molar-refractivity contribution in [2.75, 3.05) is 0 Å². The van der Waals surface area contributed by atoms with Crippen LogP contribution >= 0.6 is 11.8 Å². The highest BCUT2D eigenvalue weighted by atomic mass is 32.2. The van der Waals surface area contributed by atoms with Crippen LogP contribution in [0.3, 0.4) is 0 Å². The normalized spacial score (nSPS) is 23.0. The van der Waals surface area contributed by atoms with Gasteiger partial charge < -0.3 is 4.42 Å². The second-order valence-electron chi connectivity index (χ2n) is 5.96. The number of hydrazine groups is 1. The smallest absolute Gasteiger partial charge is 0.264 e. The van der Waals surface area contributed by atoms with Crippen molar-refractivity contribution in [1.82, 2.24) is 15.9 Å². The van der Waals surface area contributed by atoms with Gasteiger partial charge in [-0.3, -0.25) is 9.80 Å². The van der Waals surface area contributed by atoms with Crippen LogP contribution in [0.2, 0.25) is 0 Å². The van der Waals surface area contributed by atoms with E-state index in [1.807, 2.05) is 17.1 Å². The number of nitrogens with zero attached hydrogens (tertiary/aromatic N) is 2. The molecule has 2 aliphatic rings. The van der Waals surface area contributed by atoms with Gasteiger partial charge in [0.1, 0.15) is 11.8 Å². The molecule has 0 saturated carbocycles. The molecule has 1 saturated heterocycles. The van der Waals surface area contributed by atoms with Crippen molar-refractivity contribution in [3.05, 3.63) is 59.5 Å². The molecule has 24 heavy (non-hydrogen) atoms. The Kier molecular flexibility index (Phi) is 4.03. The summed E-state index contributed by atoms with van der Waals surface area (Å²) in [5.74, 6) is 1.54. The minimum Gasteiger partial charge on any atom is -0.468 e. The number of fused-ring (bicyclic) bond motifs is 1. The molecule has 7 heteroatoms. The topological polar surface area (TPSA) is 69.9 Å². The fourth-order valence-corrected chi connectivity index (χ4v) is 3.80. The number of carbonyl (C=O) groups excluding carboxylic acids is 1. The molecule has 2 unspecified atom stereocenters. The van der Waals surface area contributed by atoms with Gasteiger partial charge in [-0.2, -0.15) is 0 Å². The minimum absolute atomic E-state index is 0.0148. The fourth-order valence-electron chi connectivity index (χ4n) is 2.89. The molecule has 6 nitrogen and oxygen atoms in total. The molecule has 124 valence electrons. The van der Waals surface area contributed by atoms with Gasteiger partial charge in [-0.25, -0.2) is 10.9 Å². The maximum absolute atomic E-state index is 12.1. The van der Waals surface area contributed by atoms with E-state index < -0.39 is 0 Å². The number of amides is 1. The number of carbonyl (C=O) groups is 1. The molecule has 2 aromatic rings. The number of hydrogen-bond donors (Lipinski definition) is 2. The third-order valence-electron chi connectivity index (χ3n) is 4.21. The average molecular weight is 342 g/mol. The first kappa shape index (κ1) is 15.3. The lowest BCUT2D eigenvalue weighted by atomic mass is 10.1. The first-order valence-corrected chi connectivity index (χ1v) is 8.84. The zero-order valence-electron chi connectivity index (χ0n) is 13.2. The highest BCUT2D eigenvalue weighted by Gasteiger charge is 2.42. The van der Waals surface area contributed by atoms with Gasteiger partial charge >= 0.3 is 0 Å². The van der Waals surface area contributed by atoms with Crippen molar-refractivity contribution in [2.24, 2.45) is 5.10 Å². The second-order valence-corrected chi connectivity index (χ2v) is 6.91. The number of furan rings is 1. The van der Waals surface area contributed by atoms with Crippen LogP contribution in [-0.4, -0.2) is 22.1 Å². The Bertz CT molecular complexity index is 757. The maximum atomic E-state index is 12.1. The van der Waals surface area contributed by atoms with Gasteiger partial charge in [0.05, 0.1) is 12.3 Å². The van der Waals surface area contributed by atoms with Crippen LogP contribution in [0.15, 0.2) is 52.2 Å². The van der Waals surface area contributed by atoms with E-state index in [1.54, 1.807) is 18.0 Å². The minimum atomic E-state index is -0.266. The SMILES string of the molecule is Cc1ccc(CSC2=NNC(=O)C3CC(c4ccco4)NN23)cc1. The molecular formula is C17H18N4O2S. The van der Waals surface area contributed by atoms with Gasteiger partial charge in [0, 0.05) is 12.2 Å². The maximum Gasteiger partial charge on any atom is 0.264 e. The number of rotatable bonds is 3. The molecule has 1 aromatic heterocycles. The molecule has 4 rings (SSSR count). The number of amidine groups is 1. The molecule has 2 atom stereocenters. The van der Waals surface area contributed by atoms with Gasteiger partial charge in [-0.05, 0) is 24.6 Å². The summed E-state index contributed by atoms with van der Waals surface area (Å²) in [5, 5.41) is 6.85. The third kappa shape index (κ3) is 2.92. The van der Waals surface area contributed by atoms with E-state index in [9.17, 15) is 4.79 Å². The molecule has 2 N–H and O–H groups in total. The predicted octanol–water partition coefficient (Wildman–Crippen LogP) is 2.54. The quantitative estimate of drug-likeness (QED) is 0.897. The number of hydrogen-bond acceptors (Lipinski definition) is 6. The van der Waals surface area contributed by atoms with Gasteiger partial charge in [-0.1, -0.05) is 41.6 Å². The van der Waals surface area contributed by atoms with Crippen LogP contribution in [0.25, 0.3) is 0 Å². The Morgan fingerprint density at radius 1 is 1.33 bits per heavy atom. The molecule has 1 fully saturated rings. The van der Waals surface area contributed by atoms with E-state index in [2.05, 4.69) is 47.1 Å². The van der Waals surface area contributed by atoms with Crippen molar-refractivity contribution < 1.29 is 9.21 Å². The Morgan fingerprint density at radius 2 is 2.17 bits per heavy atom. The van der Waals surface area contributed by atoms with Gasteiger partial charge in [0.25, 0.3) is 5.91 Å². The van der Waals surface area contributed by atoms with Crippen LogP contribution in [0.4, 0.5) is 0 Å². The molecule has 2 aliphatic heterocycles. The Balaban J connectivity index is 1.47. The van der Waals surface area contributed by atoms with Crippen LogP contribution in [0, 0.1) is 6.92 Å². The van der Waals surface area contributed by atoms with E-state index in [1.165, 1.54) is 11.1 Å². The highest BCUT2D eigenvalue weighted by Crippen LogP contribution is 2.32. The second kappa shape index (κ2) is 6.33. The van der Waals surface area contributed by atoms with Crippen molar-refractivity contribution in [3.63, 3.8) is 0 Å². The van der Waals surface area contributed by atoms with Gasteiger partial charge in [0.2, 0.25) is 0 Å². The van der Waals surface area contributed by atoms with Gasteiger partial charge in [-0.15, -0.1) is 5.10 Å². The first-order chi connectivity index (χ1) is 11.7. The summed E-state index contributed by atoms with van der Waals surface area (Å²) >= 11 is 1.60. The molecule has 0 aliphatic carbocycles. The summed E-state index contributed by atoms with van der Waals surface area (Å²) < 4.78 is 5.47. The largest absolute Gasteiger partial charge is 0.468 e. The van der Waals surface area contributed by atoms with Crippen LogP contribution in [0.1, 0.15) is 29.3 Å². The van der Waals surface area contributed by atoms with Crippen molar-refractivity contribution in [3.8, 4) is 0 Å². The predicted molar refractivity (Wildman–Crippen MR) is 92.9 cm³/mol. The van der Waals surface area contributed by atoms with E-state index in [0.29, 0.717) is 6.42 Å². The molecule has 3 heterocycles. The van der Waals surface area contributed by atoms with Gasteiger partial charge in [0.15, 0.2) is 5.17 Å². The number of aryl methyl sites for hydroxylation is 1. The summed E-state index contributed by atoms with van der Waals surface area (Å²) in [6, 6.07) is 11.9. The highest BCUT2D eigenvalue weighted by molar-refractivity contribution is 8.13. The van der Waals surface area contributed by atoms with E-state index >= 15 is 0 Å². The van der Waals surface area contributed by atoms with E-state index in [4.69, 9.17) is 4.42 Å². The molecular weight excluding hydrogens is 324 g/mol. The zero-order valence-corrected chi connectivity index (χ0v) is 14.0. The molecule has 0 bridgehead atoms. The lowest BCUT2D eigenvalue weighted by Gasteiger charge is -2.29.